The summed E-state index contributed by atoms with van der Waals surface area (Å²) in [6.45, 7) is 8.58. The molecule has 1 aliphatic heterocycles. The SMILES string of the molecule is Cc1ccnn1CCC(=O)N1CC(=O)N(CC(C)C)C[C@@H](OCc2ccccn2)C1. The van der Waals surface area contributed by atoms with Crippen LogP contribution in [-0.2, 0) is 27.5 Å². The molecule has 8 heteroatoms. The Labute approximate surface area is 177 Å². The summed E-state index contributed by atoms with van der Waals surface area (Å²) >= 11 is 0. The van der Waals surface area contributed by atoms with E-state index in [4.69, 9.17) is 4.74 Å². The van der Waals surface area contributed by atoms with Crippen molar-refractivity contribution in [3.8, 4) is 0 Å². The number of rotatable bonds is 8. The summed E-state index contributed by atoms with van der Waals surface area (Å²) in [5, 5.41) is 4.23. The molecule has 0 aliphatic carbocycles. The maximum Gasteiger partial charge on any atom is 0.242 e. The fourth-order valence-electron chi connectivity index (χ4n) is 3.57. The van der Waals surface area contributed by atoms with Gasteiger partial charge in [-0.25, -0.2) is 0 Å². The maximum absolute atomic E-state index is 12.9. The molecule has 0 bridgehead atoms. The summed E-state index contributed by atoms with van der Waals surface area (Å²) in [7, 11) is 0. The molecule has 0 spiro atoms. The number of amides is 2. The predicted octanol–water partition coefficient (Wildman–Crippen LogP) is 1.89. The standard InChI is InChI=1S/C22H31N5O3/c1-17(2)12-25-13-20(30-16-19-6-4-5-9-23-19)14-26(15-22(25)29)21(28)8-11-27-18(3)7-10-24-27/h4-7,9-10,17,20H,8,11-16H2,1-3H3/t20-/m1/s1. The van der Waals surface area contributed by atoms with E-state index in [9.17, 15) is 9.59 Å². The lowest BCUT2D eigenvalue weighted by Crippen LogP contribution is -2.40. The van der Waals surface area contributed by atoms with E-state index >= 15 is 0 Å². The quantitative estimate of drug-likeness (QED) is 0.660. The van der Waals surface area contributed by atoms with E-state index in [1.807, 2.05) is 36.1 Å². The molecule has 0 saturated carbocycles. The molecule has 8 nitrogen and oxygen atoms in total. The lowest BCUT2D eigenvalue weighted by atomic mass is 10.2. The number of aromatic nitrogens is 3. The molecule has 1 saturated heterocycles. The van der Waals surface area contributed by atoms with Gasteiger partial charge >= 0.3 is 0 Å². The van der Waals surface area contributed by atoms with Crippen LogP contribution in [0.4, 0.5) is 0 Å². The molecule has 1 fully saturated rings. The Morgan fingerprint density at radius 1 is 1.23 bits per heavy atom. The number of carbonyl (C=O) groups excluding carboxylic acids is 2. The number of nitrogens with zero attached hydrogens (tertiary/aromatic N) is 5. The minimum atomic E-state index is -0.257. The first-order valence-electron chi connectivity index (χ1n) is 10.5. The molecule has 2 aromatic rings. The van der Waals surface area contributed by atoms with Crippen LogP contribution in [0.5, 0.6) is 0 Å². The third-order valence-corrected chi connectivity index (χ3v) is 5.12. The van der Waals surface area contributed by atoms with Crippen molar-refractivity contribution in [2.75, 3.05) is 26.2 Å². The molecule has 0 radical (unpaired) electrons. The van der Waals surface area contributed by atoms with Crippen LogP contribution >= 0.6 is 0 Å². The van der Waals surface area contributed by atoms with Gasteiger partial charge in [-0.2, -0.15) is 5.10 Å². The second-order valence-corrected chi connectivity index (χ2v) is 8.17. The second-order valence-electron chi connectivity index (χ2n) is 8.17. The van der Waals surface area contributed by atoms with Gasteiger partial charge in [-0.3, -0.25) is 19.3 Å². The van der Waals surface area contributed by atoms with Crippen LogP contribution in [0.1, 0.15) is 31.7 Å². The van der Waals surface area contributed by atoms with Crippen LogP contribution < -0.4 is 0 Å². The zero-order valence-corrected chi connectivity index (χ0v) is 18.0. The van der Waals surface area contributed by atoms with E-state index in [2.05, 4.69) is 23.9 Å². The van der Waals surface area contributed by atoms with Gasteiger partial charge in [0.15, 0.2) is 0 Å². The van der Waals surface area contributed by atoms with Crippen LogP contribution in [0.15, 0.2) is 36.7 Å². The van der Waals surface area contributed by atoms with Crippen LogP contribution in [0.2, 0.25) is 0 Å². The first-order valence-corrected chi connectivity index (χ1v) is 10.5. The lowest BCUT2D eigenvalue weighted by Gasteiger charge is -2.25. The minimum absolute atomic E-state index is 0.0312. The Kier molecular flexibility index (Phi) is 7.57. The molecule has 0 N–H and O–H groups in total. The highest BCUT2D eigenvalue weighted by molar-refractivity contribution is 5.85. The van der Waals surface area contributed by atoms with Crippen molar-refractivity contribution >= 4 is 11.8 Å². The molecular formula is C22H31N5O3. The van der Waals surface area contributed by atoms with Crippen LogP contribution in [0.25, 0.3) is 0 Å². The fraction of sp³-hybridized carbons (Fsp3) is 0.545. The normalized spacial score (nSPS) is 17.5. The molecular weight excluding hydrogens is 382 g/mol. The summed E-state index contributed by atoms with van der Waals surface area (Å²) in [6, 6.07) is 7.59. The van der Waals surface area contributed by atoms with E-state index < -0.39 is 0 Å². The molecule has 1 aliphatic rings. The first-order chi connectivity index (χ1) is 14.4. The van der Waals surface area contributed by atoms with Gasteiger partial charge in [0, 0.05) is 50.7 Å². The number of hydrogen-bond donors (Lipinski definition) is 0. The largest absolute Gasteiger partial charge is 0.368 e. The average molecular weight is 414 g/mol. The van der Waals surface area contributed by atoms with Gasteiger partial charge in [0.2, 0.25) is 11.8 Å². The lowest BCUT2D eigenvalue weighted by molar-refractivity contribution is -0.139. The highest BCUT2D eigenvalue weighted by Crippen LogP contribution is 2.14. The summed E-state index contributed by atoms with van der Waals surface area (Å²) < 4.78 is 7.89. The monoisotopic (exact) mass is 413 g/mol. The van der Waals surface area contributed by atoms with Crippen molar-refractivity contribution in [2.24, 2.45) is 5.92 Å². The van der Waals surface area contributed by atoms with Crippen LogP contribution in [0.3, 0.4) is 0 Å². The third-order valence-electron chi connectivity index (χ3n) is 5.12. The summed E-state index contributed by atoms with van der Waals surface area (Å²) in [5.74, 6) is 0.253. The number of pyridine rings is 1. The summed E-state index contributed by atoms with van der Waals surface area (Å²) in [5.41, 5.74) is 1.84. The Hall–Kier alpha value is -2.74. The Balaban J connectivity index is 1.66. The average Bonchev–Trinajstić information content (AvgIpc) is 3.06. The highest BCUT2D eigenvalue weighted by atomic mass is 16.5. The van der Waals surface area contributed by atoms with Crippen molar-refractivity contribution in [2.45, 2.75) is 46.4 Å². The topological polar surface area (TPSA) is 80.6 Å². The highest BCUT2D eigenvalue weighted by Gasteiger charge is 2.31. The Morgan fingerprint density at radius 3 is 2.73 bits per heavy atom. The molecule has 3 heterocycles. The van der Waals surface area contributed by atoms with E-state index in [1.165, 1.54) is 0 Å². The second kappa shape index (κ2) is 10.3. The number of hydrogen-bond acceptors (Lipinski definition) is 5. The summed E-state index contributed by atoms with van der Waals surface area (Å²) in [4.78, 5) is 33.5. The smallest absolute Gasteiger partial charge is 0.242 e. The zero-order chi connectivity index (χ0) is 21.5. The fourth-order valence-corrected chi connectivity index (χ4v) is 3.57. The molecule has 30 heavy (non-hydrogen) atoms. The first kappa shape index (κ1) is 22.0. The third kappa shape index (κ3) is 6.13. The number of aryl methyl sites for hydroxylation is 2. The molecule has 2 aromatic heterocycles. The predicted molar refractivity (Wildman–Crippen MR) is 112 cm³/mol. The van der Waals surface area contributed by atoms with Crippen LogP contribution in [-0.4, -0.2) is 68.7 Å². The Bertz CT molecular complexity index is 836. The maximum atomic E-state index is 12.9. The van der Waals surface area contributed by atoms with Gasteiger partial charge in [0.25, 0.3) is 0 Å². The van der Waals surface area contributed by atoms with E-state index in [0.717, 1.165) is 11.4 Å². The molecule has 2 amide bonds. The Morgan fingerprint density at radius 2 is 2.07 bits per heavy atom. The zero-order valence-electron chi connectivity index (χ0n) is 18.0. The van der Waals surface area contributed by atoms with Gasteiger partial charge in [-0.15, -0.1) is 0 Å². The van der Waals surface area contributed by atoms with Crippen molar-refractivity contribution in [3.05, 3.63) is 48.0 Å². The van der Waals surface area contributed by atoms with Gasteiger partial charge < -0.3 is 14.5 Å². The molecule has 0 aromatic carbocycles. The minimum Gasteiger partial charge on any atom is -0.368 e. The van der Waals surface area contributed by atoms with Gasteiger partial charge in [-0.1, -0.05) is 19.9 Å². The van der Waals surface area contributed by atoms with E-state index in [0.29, 0.717) is 45.1 Å². The van der Waals surface area contributed by atoms with E-state index in [1.54, 1.807) is 22.0 Å². The molecule has 3 rings (SSSR count). The molecule has 162 valence electrons. The van der Waals surface area contributed by atoms with Crippen molar-refractivity contribution < 1.29 is 14.3 Å². The molecule has 0 unspecified atom stereocenters. The number of carbonyl (C=O) groups is 2. The van der Waals surface area contributed by atoms with Crippen LogP contribution in [0, 0.1) is 12.8 Å². The van der Waals surface area contributed by atoms with Crippen molar-refractivity contribution in [1.82, 2.24) is 24.6 Å². The summed E-state index contributed by atoms with van der Waals surface area (Å²) in [6.07, 6.45) is 3.49. The van der Waals surface area contributed by atoms with Gasteiger partial charge in [-0.05, 0) is 31.0 Å². The van der Waals surface area contributed by atoms with Gasteiger partial charge in [0.1, 0.15) is 0 Å². The van der Waals surface area contributed by atoms with Crippen molar-refractivity contribution in [1.29, 1.82) is 0 Å². The van der Waals surface area contributed by atoms with Gasteiger partial charge in [0.05, 0.1) is 24.9 Å². The number of ether oxygens (including phenoxy) is 1. The van der Waals surface area contributed by atoms with E-state index in [-0.39, 0.29) is 24.5 Å². The molecule has 1 atom stereocenters. The van der Waals surface area contributed by atoms with Crippen molar-refractivity contribution in [3.63, 3.8) is 0 Å².